The monoisotopic (exact) mass is 315 g/mol. The molecule has 0 saturated carbocycles. The van der Waals surface area contributed by atoms with Gasteiger partial charge in [-0.3, -0.25) is 0 Å². The third-order valence-electron chi connectivity index (χ3n) is 3.97. The van der Waals surface area contributed by atoms with Crippen LogP contribution < -0.4 is 5.32 Å². The maximum absolute atomic E-state index is 6.30. The summed E-state index contributed by atoms with van der Waals surface area (Å²) in [7, 11) is 0. The lowest BCUT2D eigenvalue weighted by Crippen LogP contribution is -2.34. The molecule has 0 radical (unpaired) electrons. The number of hydrogen-bond donors (Lipinski definition) is 1. The second-order valence-electron chi connectivity index (χ2n) is 5.47. The Kier molecular flexibility index (Phi) is 8.60. The molecule has 1 rings (SSSR count). The van der Waals surface area contributed by atoms with Crippen molar-refractivity contribution in [2.24, 2.45) is 5.92 Å². The molecule has 0 aliphatic rings. The molecule has 1 N–H and O–H groups in total. The highest BCUT2D eigenvalue weighted by atomic mass is 35.5. The van der Waals surface area contributed by atoms with Crippen LogP contribution >= 0.6 is 23.2 Å². The summed E-state index contributed by atoms with van der Waals surface area (Å²) in [6.45, 7) is 7.79. The van der Waals surface area contributed by atoms with Crippen LogP contribution in [0.4, 0.5) is 0 Å². The van der Waals surface area contributed by atoms with Crippen LogP contribution in [0.5, 0.6) is 0 Å². The molecular formula is C17H27Cl2N. The van der Waals surface area contributed by atoms with Crippen LogP contribution in [0.15, 0.2) is 18.2 Å². The Bertz CT molecular complexity index is 368. The lowest BCUT2D eigenvalue weighted by atomic mass is 9.91. The van der Waals surface area contributed by atoms with Gasteiger partial charge >= 0.3 is 0 Å². The van der Waals surface area contributed by atoms with Crippen molar-refractivity contribution in [3.63, 3.8) is 0 Å². The molecule has 0 fully saturated rings. The number of nitrogens with one attached hydrogen (secondary N) is 1. The first kappa shape index (κ1) is 17.8. The van der Waals surface area contributed by atoms with Gasteiger partial charge in [0.2, 0.25) is 0 Å². The van der Waals surface area contributed by atoms with E-state index in [1.165, 1.54) is 19.3 Å². The number of hydrogen-bond acceptors (Lipinski definition) is 1. The van der Waals surface area contributed by atoms with Crippen molar-refractivity contribution < 1.29 is 0 Å². The minimum Gasteiger partial charge on any atom is -0.314 e. The third-order valence-corrected chi connectivity index (χ3v) is 4.68. The molecule has 0 heterocycles. The summed E-state index contributed by atoms with van der Waals surface area (Å²) in [6.07, 6.45) is 5.72. The minimum absolute atomic E-state index is 0.456. The summed E-state index contributed by atoms with van der Waals surface area (Å²) in [5.41, 5.74) is 1.08. The molecule has 1 aromatic carbocycles. The Labute approximate surface area is 134 Å². The molecule has 0 saturated heterocycles. The summed E-state index contributed by atoms with van der Waals surface area (Å²) >= 11 is 12.6. The molecule has 1 nitrogen and oxygen atoms in total. The van der Waals surface area contributed by atoms with Crippen LogP contribution in [0.1, 0.15) is 52.0 Å². The quantitative estimate of drug-likeness (QED) is 0.613. The number of rotatable bonds is 9. The number of benzene rings is 1. The normalized spacial score (nSPS) is 12.9. The van der Waals surface area contributed by atoms with E-state index in [9.17, 15) is 0 Å². The topological polar surface area (TPSA) is 12.0 Å². The van der Waals surface area contributed by atoms with E-state index in [0.29, 0.717) is 6.04 Å². The van der Waals surface area contributed by atoms with Crippen LogP contribution in [0.2, 0.25) is 10.0 Å². The lowest BCUT2D eigenvalue weighted by molar-refractivity contribution is 0.363. The number of halogens is 2. The largest absolute Gasteiger partial charge is 0.314 e. The van der Waals surface area contributed by atoms with Crippen molar-refractivity contribution in [2.45, 2.75) is 58.9 Å². The van der Waals surface area contributed by atoms with E-state index in [-0.39, 0.29) is 0 Å². The predicted octanol–water partition coefficient (Wildman–Crippen LogP) is 5.73. The molecule has 0 amide bonds. The fourth-order valence-electron chi connectivity index (χ4n) is 2.59. The van der Waals surface area contributed by atoms with Gasteiger partial charge in [-0.05, 0) is 49.4 Å². The molecule has 114 valence electrons. The van der Waals surface area contributed by atoms with Gasteiger partial charge in [0.1, 0.15) is 0 Å². The molecule has 3 heteroatoms. The maximum atomic E-state index is 6.30. The van der Waals surface area contributed by atoms with Crippen LogP contribution in [-0.4, -0.2) is 12.6 Å². The zero-order valence-electron chi connectivity index (χ0n) is 12.9. The first-order valence-electron chi connectivity index (χ1n) is 7.78. The molecule has 0 aliphatic carbocycles. The molecule has 1 atom stereocenters. The zero-order chi connectivity index (χ0) is 15.0. The van der Waals surface area contributed by atoms with Crippen LogP contribution in [0.25, 0.3) is 0 Å². The van der Waals surface area contributed by atoms with Gasteiger partial charge in [-0.25, -0.2) is 0 Å². The van der Waals surface area contributed by atoms with E-state index in [2.05, 4.69) is 26.1 Å². The highest BCUT2D eigenvalue weighted by Crippen LogP contribution is 2.27. The predicted molar refractivity (Wildman–Crippen MR) is 90.9 cm³/mol. The van der Waals surface area contributed by atoms with Crippen molar-refractivity contribution in [1.82, 2.24) is 5.32 Å². The van der Waals surface area contributed by atoms with Gasteiger partial charge in [-0.1, -0.05) is 62.9 Å². The van der Waals surface area contributed by atoms with Crippen molar-refractivity contribution in [1.29, 1.82) is 0 Å². The fraction of sp³-hybridized carbons (Fsp3) is 0.647. The summed E-state index contributed by atoms with van der Waals surface area (Å²) in [5.74, 6) is 0.769. The lowest BCUT2D eigenvalue weighted by Gasteiger charge is -2.24. The summed E-state index contributed by atoms with van der Waals surface area (Å²) in [5, 5.41) is 5.22. The molecule has 0 aromatic heterocycles. The van der Waals surface area contributed by atoms with Crippen LogP contribution in [0.3, 0.4) is 0 Å². The Hall–Kier alpha value is -0.240. The molecule has 1 unspecified atom stereocenters. The molecule has 0 spiro atoms. The van der Waals surface area contributed by atoms with Gasteiger partial charge in [-0.15, -0.1) is 0 Å². The average Bonchev–Trinajstić information content (AvgIpc) is 2.45. The van der Waals surface area contributed by atoms with Gasteiger partial charge < -0.3 is 5.32 Å². The highest BCUT2D eigenvalue weighted by Gasteiger charge is 2.17. The summed E-state index contributed by atoms with van der Waals surface area (Å²) < 4.78 is 0. The smallest absolute Gasteiger partial charge is 0.0453 e. The Balaban J connectivity index is 2.77. The summed E-state index contributed by atoms with van der Waals surface area (Å²) in [4.78, 5) is 0. The van der Waals surface area contributed by atoms with Gasteiger partial charge in [0.15, 0.2) is 0 Å². The standard InChI is InChI=1S/C17H27Cl2N/c1-4-10-20-14(11-13(5-2)6-3)12-15-16(18)8-7-9-17(15)19/h7-9,13-14,20H,4-6,10-12H2,1-3H3. The SMILES string of the molecule is CCCNC(Cc1c(Cl)cccc1Cl)CC(CC)CC. The molecule has 20 heavy (non-hydrogen) atoms. The van der Waals surface area contributed by atoms with Crippen molar-refractivity contribution in [2.75, 3.05) is 6.54 Å². The highest BCUT2D eigenvalue weighted by molar-refractivity contribution is 6.35. The first-order valence-corrected chi connectivity index (χ1v) is 8.54. The third kappa shape index (κ3) is 5.63. The van der Waals surface area contributed by atoms with E-state index in [1.54, 1.807) is 0 Å². The summed E-state index contributed by atoms with van der Waals surface area (Å²) in [6, 6.07) is 6.22. The van der Waals surface area contributed by atoms with Gasteiger partial charge in [0, 0.05) is 16.1 Å². The van der Waals surface area contributed by atoms with Gasteiger partial charge in [0.05, 0.1) is 0 Å². The average molecular weight is 316 g/mol. The first-order chi connectivity index (χ1) is 9.62. The van der Waals surface area contributed by atoms with E-state index in [4.69, 9.17) is 23.2 Å². The Morgan fingerprint density at radius 2 is 1.65 bits per heavy atom. The van der Waals surface area contributed by atoms with E-state index in [0.717, 1.165) is 40.9 Å². The van der Waals surface area contributed by atoms with Crippen LogP contribution in [0, 0.1) is 5.92 Å². The van der Waals surface area contributed by atoms with Crippen LogP contribution in [-0.2, 0) is 6.42 Å². The van der Waals surface area contributed by atoms with E-state index >= 15 is 0 Å². The molecular weight excluding hydrogens is 289 g/mol. The molecule has 1 aromatic rings. The Morgan fingerprint density at radius 1 is 1.05 bits per heavy atom. The van der Waals surface area contributed by atoms with Gasteiger partial charge in [0.25, 0.3) is 0 Å². The Morgan fingerprint density at radius 3 is 2.15 bits per heavy atom. The second-order valence-corrected chi connectivity index (χ2v) is 6.29. The second kappa shape index (κ2) is 9.65. The fourth-order valence-corrected chi connectivity index (χ4v) is 3.14. The zero-order valence-corrected chi connectivity index (χ0v) is 14.4. The minimum atomic E-state index is 0.456. The van der Waals surface area contributed by atoms with Crippen molar-refractivity contribution >= 4 is 23.2 Å². The van der Waals surface area contributed by atoms with Crippen molar-refractivity contribution in [3.05, 3.63) is 33.8 Å². The van der Waals surface area contributed by atoms with Gasteiger partial charge in [-0.2, -0.15) is 0 Å². The van der Waals surface area contributed by atoms with Crippen molar-refractivity contribution in [3.8, 4) is 0 Å². The molecule has 0 aliphatic heterocycles. The maximum Gasteiger partial charge on any atom is 0.0453 e. The molecule has 0 bridgehead atoms. The van der Waals surface area contributed by atoms with E-state index in [1.807, 2.05) is 18.2 Å². The van der Waals surface area contributed by atoms with E-state index < -0.39 is 0 Å².